The van der Waals surface area contributed by atoms with Crippen molar-refractivity contribution in [2.24, 2.45) is 0 Å². The zero-order valence-corrected chi connectivity index (χ0v) is 10.2. The fourth-order valence-electron chi connectivity index (χ4n) is 1.22. The minimum atomic E-state index is -2.95. The fourth-order valence-corrected chi connectivity index (χ4v) is 1.83. The maximum Gasteiger partial charge on any atom is 0.149 e. The van der Waals surface area contributed by atoms with Gasteiger partial charge in [0.1, 0.15) is 9.84 Å². The second kappa shape index (κ2) is 5.27. The molecule has 0 aliphatic carbocycles. The van der Waals surface area contributed by atoms with Gasteiger partial charge in [-0.2, -0.15) is 0 Å². The number of rotatable bonds is 5. The molecule has 0 radical (unpaired) electrons. The molecule has 0 aliphatic heterocycles. The Bertz CT molecular complexity index is 445. The van der Waals surface area contributed by atoms with Crippen molar-refractivity contribution in [3.05, 3.63) is 24.0 Å². The molecule has 1 aromatic rings. The zero-order chi connectivity index (χ0) is 12.2. The van der Waals surface area contributed by atoms with Crippen LogP contribution in [-0.4, -0.2) is 44.1 Å². The number of hydrogen-bond acceptors (Lipinski definition) is 5. The van der Waals surface area contributed by atoms with Crippen LogP contribution in [0.25, 0.3) is 0 Å². The summed E-state index contributed by atoms with van der Waals surface area (Å²) >= 11 is 0. The van der Waals surface area contributed by atoms with Gasteiger partial charge in [-0.3, -0.25) is 4.98 Å². The monoisotopic (exact) mass is 244 g/mol. The first-order valence-corrected chi connectivity index (χ1v) is 6.93. The number of aliphatic hydroxyl groups is 1. The van der Waals surface area contributed by atoms with E-state index in [4.69, 9.17) is 5.11 Å². The van der Waals surface area contributed by atoms with E-state index in [9.17, 15) is 8.42 Å². The Morgan fingerprint density at radius 3 is 2.75 bits per heavy atom. The lowest BCUT2D eigenvalue weighted by atomic mass is 10.3. The summed E-state index contributed by atoms with van der Waals surface area (Å²) in [6.07, 6.45) is 2.81. The molecule has 0 unspecified atom stereocenters. The van der Waals surface area contributed by atoms with Crippen molar-refractivity contribution >= 4 is 15.5 Å². The van der Waals surface area contributed by atoms with Gasteiger partial charge in [0.05, 0.1) is 18.1 Å². The van der Waals surface area contributed by atoms with E-state index in [-0.39, 0.29) is 12.4 Å². The Kier molecular flexibility index (Phi) is 4.26. The predicted molar refractivity (Wildman–Crippen MR) is 63.1 cm³/mol. The van der Waals surface area contributed by atoms with Crippen LogP contribution < -0.4 is 4.90 Å². The predicted octanol–water partition coefficient (Wildman–Crippen LogP) is 0.0547. The maximum atomic E-state index is 11.0. The zero-order valence-electron chi connectivity index (χ0n) is 9.42. The van der Waals surface area contributed by atoms with Crippen LogP contribution in [0.3, 0.4) is 0 Å². The second-order valence-electron chi connectivity index (χ2n) is 3.71. The number of nitrogens with zero attached hydrogens (tertiary/aromatic N) is 2. The van der Waals surface area contributed by atoms with E-state index in [0.717, 1.165) is 5.69 Å². The second-order valence-corrected chi connectivity index (χ2v) is 5.97. The standard InChI is InChI=1S/C10H16N2O3S/c1-12(5-6-16(2,14)15)10-3-4-11-9(7-10)8-13/h3-4,7,13H,5-6,8H2,1-2H3. The van der Waals surface area contributed by atoms with Crippen LogP contribution in [0, 0.1) is 0 Å². The molecule has 0 bridgehead atoms. The van der Waals surface area contributed by atoms with Crippen molar-refractivity contribution in [1.29, 1.82) is 0 Å². The van der Waals surface area contributed by atoms with Crippen LogP contribution in [0.5, 0.6) is 0 Å². The van der Waals surface area contributed by atoms with Crippen LogP contribution in [-0.2, 0) is 16.4 Å². The van der Waals surface area contributed by atoms with Gasteiger partial charge in [0.25, 0.3) is 0 Å². The Balaban J connectivity index is 2.69. The fraction of sp³-hybridized carbons (Fsp3) is 0.500. The molecule has 0 aliphatic rings. The van der Waals surface area contributed by atoms with Gasteiger partial charge < -0.3 is 10.0 Å². The van der Waals surface area contributed by atoms with Crippen LogP contribution >= 0.6 is 0 Å². The smallest absolute Gasteiger partial charge is 0.149 e. The third kappa shape index (κ3) is 4.16. The van der Waals surface area contributed by atoms with Crippen LogP contribution in [0.1, 0.15) is 5.69 Å². The molecular weight excluding hydrogens is 228 g/mol. The highest BCUT2D eigenvalue weighted by Gasteiger charge is 2.07. The minimum Gasteiger partial charge on any atom is -0.390 e. The third-order valence-electron chi connectivity index (χ3n) is 2.20. The molecule has 0 spiro atoms. The van der Waals surface area contributed by atoms with Gasteiger partial charge >= 0.3 is 0 Å². The summed E-state index contributed by atoms with van der Waals surface area (Å²) in [4.78, 5) is 5.78. The number of hydrogen-bond donors (Lipinski definition) is 1. The lowest BCUT2D eigenvalue weighted by Crippen LogP contribution is -2.24. The average molecular weight is 244 g/mol. The van der Waals surface area contributed by atoms with Gasteiger partial charge in [-0.05, 0) is 12.1 Å². The minimum absolute atomic E-state index is 0.111. The molecule has 6 heteroatoms. The highest BCUT2D eigenvalue weighted by atomic mass is 32.2. The Morgan fingerprint density at radius 1 is 1.50 bits per heavy atom. The molecule has 0 saturated carbocycles. The summed E-state index contributed by atoms with van der Waals surface area (Å²) in [5.74, 6) is 0.111. The Hall–Kier alpha value is -1.14. The normalized spacial score (nSPS) is 11.4. The average Bonchev–Trinajstić information content (AvgIpc) is 2.25. The van der Waals surface area contributed by atoms with Gasteiger partial charge in [0.2, 0.25) is 0 Å². The van der Waals surface area contributed by atoms with Gasteiger partial charge in [-0.1, -0.05) is 0 Å². The summed E-state index contributed by atoms with van der Waals surface area (Å²) in [6, 6.07) is 3.52. The van der Waals surface area contributed by atoms with Crippen LogP contribution in [0.15, 0.2) is 18.3 Å². The van der Waals surface area contributed by atoms with Crippen molar-refractivity contribution < 1.29 is 13.5 Å². The number of aromatic nitrogens is 1. The summed E-state index contributed by atoms with van der Waals surface area (Å²) in [5, 5.41) is 8.93. The lowest BCUT2D eigenvalue weighted by Gasteiger charge is -2.18. The Labute approximate surface area is 95.7 Å². The molecule has 1 N–H and O–H groups in total. The first-order chi connectivity index (χ1) is 7.42. The van der Waals surface area contributed by atoms with E-state index in [0.29, 0.717) is 12.2 Å². The van der Waals surface area contributed by atoms with Crippen LogP contribution in [0.4, 0.5) is 5.69 Å². The summed E-state index contributed by atoms with van der Waals surface area (Å²) in [5.41, 5.74) is 1.42. The molecule has 1 heterocycles. The molecule has 0 atom stereocenters. The van der Waals surface area contributed by atoms with Gasteiger partial charge in [0.15, 0.2) is 0 Å². The lowest BCUT2D eigenvalue weighted by molar-refractivity contribution is 0.277. The van der Waals surface area contributed by atoms with E-state index in [2.05, 4.69) is 4.98 Å². The van der Waals surface area contributed by atoms with E-state index in [1.165, 1.54) is 6.26 Å². The summed E-state index contributed by atoms with van der Waals surface area (Å²) in [7, 11) is -1.14. The van der Waals surface area contributed by atoms with Crippen molar-refractivity contribution in [2.45, 2.75) is 6.61 Å². The molecule has 0 fully saturated rings. The van der Waals surface area contributed by atoms with E-state index in [1.54, 1.807) is 18.3 Å². The van der Waals surface area contributed by atoms with Gasteiger partial charge in [0, 0.05) is 31.7 Å². The quantitative estimate of drug-likeness (QED) is 0.792. The molecular formula is C10H16N2O3S. The molecule has 0 aromatic carbocycles. The largest absolute Gasteiger partial charge is 0.390 e. The number of aliphatic hydroxyl groups excluding tert-OH is 1. The van der Waals surface area contributed by atoms with Crippen molar-refractivity contribution in [3.8, 4) is 0 Å². The molecule has 16 heavy (non-hydrogen) atoms. The third-order valence-corrected chi connectivity index (χ3v) is 3.12. The molecule has 0 amide bonds. The van der Waals surface area contributed by atoms with Crippen molar-refractivity contribution in [2.75, 3.05) is 30.5 Å². The molecule has 0 saturated heterocycles. The van der Waals surface area contributed by atoms with Crippen molar-refractivity contribution in [1.82, 2.24) is 4.98 Å². The molecule has 1 aromatic heterocycles. The van der Waals surface area contributed by atoms with Gasteiger partial charge in [-0.25, -0.2) is 8.42 Å². The Morgan fingerprint density at radius 2 is 2.19 bits per heavy atom. The SMILES string of the molecule is CN(CCS(C)(=O)=O)c1ccnc(CO)c1. The van der Waals surface area contributed by atoms with E-state index >= 15 is 0 Å². The summed E-state index contributed by atoms with van der Waals surface area (Å²) in [6.45, 7) is 0.307. The maximum absolute atomic E-state index is 11.0. The highest BCUT2D eigenvalue weighted by Crippen LogP contribution is 2.12. The topological polar surface area (TPSA) is 70.5 Å². The molecule has 1 rings (SSSR count). The number of sulfone groups is 1. The first-order valence-electron chi connectivity index (χ1n) is 4.87. The first kappa shape index (κ1) is 12.9. The van der Waals surface area contributed by atoms with E-state index < -0.39 is 9.84 Å². The highest BCUT2D eigenvalue weighted by molar-refractivity contribution is 7.90. The van der Waals surface area contributed by atoms with E-state index in [1.807, 2.05) is 11.9 Å². The number of anilines is 1. The van der Waals surface area contributed by atoms with Gasteiger partial charge in [-0.15, -0.1) is 0 Å². The number of pyridine rings is 1. The van der Waals surface area contributed by atoms with Crippen molar-refractivity contribution in [3.63, 3.8) is 0 Å². The van der Waals surface area contributed by atoms with Crippen LogP contribution in [0.2, 0.25) is 0 Å². The summed E-state index contributed by atoms with van der Waals surface area (Å²) < 4.78 is 22.0. The molecule has 90 valence electrons. The molecule has 5 nitrogen and oxygen atoms in total.